The number of ether oxygens (including phenoxy) is 3. The third-order valence-electron chi connectivity index (χ3n) is 4.63. The van der Waals surface area contributed by atoms with E-state index in [4.69, 9.17) is 14.2 Å². The van der Waals surface area contributed by atoms with Gasteiger partial charge in [0.05, 0.1) is 24.9 Å². The molecule has 8 nitrogen and oxygen atoms in total. The van der Waals surface area contributed by atoms with Crippen LogP contribution in [0.25, 0.3) is 0 Å². The van der Waals surface area contributed by atoms with Crippen molar-refractivity contribution in [1.82, 2.24) is 14.8 Å². The number of benzene rings is 1. The van der Waals surface area contributed by atoms with Crippen LogP contribution in [0, 0.1) is 5.92 Å². The van der Waals surface area contributed by atoms with Crippen molar-refractivity contribution < 1.29 is 23.8 Å². The zero-order chi connectivity index (χ0) is 21.5. The Hall–Kier alpha value is -2.81. The van der Waals surface area contributed by atoms with Crippen molar-refractivity contribution in [1.29, 1.82) is 0 Å². The van der Waals surface area contributed by atoms with Crippen molar-refractivity contribution in [3.63, 3.8) is 0 Å². The van der Waals surface area contributed by atoms with E-state index in [1.807, 2.05) is 19.2 Å². The Balaban J connectivity index is 1.57. The normalized spacial score (nSPS) is 14.0. The highest BCUT2D eigenvalue weighted by molar-refractivity contribution is 7.07. The number of thiazole rings is 1. The fourth-order valence-electron chi connectivity index (χ4n) is 2.98. The van der Waals surface area contributed by atoms with Gasteiger partial charge < -0.3 is 24.0 Å². The molecule has 3 rings (SSSR count). The maximum absolute atomic E-state index is 12.9. The first-order valence-corrected chi connectivity index (χ1v) is 10.8. The minimum absolute atomic E-state index is 0.102. The monoisotopic (exact) mass is 433 g/mol. The molecule has 1 aromatic carbocycles. The van der Waals surface area contributed by atoms with Gasteiger partial charge >= 0.3 is 6.09 Å². The highest BCUT2D eigenvalue weighted by atomic mass is 32.1. The maximum Gasteiger partial charge on any atom is 0.409 e. The minimum atomic E-state index is -0.320. The van der Waals surface area contributed by atoms with Gasteiger partial charge in [-0.25, -0.2) is 9.78 Å². The fourth-order valence-corrected chi connectivity index (χ4v) is 3.53. The molecule has 1 saturated heterocycles. The number of methoxy groups -OCH3 is 1. The zero-order valence-corrected chi connectivity index (χ0v) is 18.3. The van der Waals surface area contributed by atoms with Crippen LogP contribution in [0.4, 0.5) is 4.79 Å². The first-order chi connectivity index (χ1) is 14.5. The van der Waals surface area contributed by atoms with Crippen molar-refractivity contribution >= 4 is 23.3 Å². The van der Waals surface area contributed by atoms with E-state index in [2.05, 4.69) is 4.98 Å². The molecular formula is C21H27N3O5S. The highest BCUT2D eigenvalue weighted by Gasteiger charge is 2.26. The van der Waals surface area contributed by atoms with Gasteiger partial charge in [-0.1, -0.05) is 13.8 Å². The Morgan fingerprint density at radius 1 is 1.13 bits per heavy atom. The predicted octanol–water partition coefficient (Wildman–Crippen LogP) is 3.28. The van der Waals surface area contributed by atoms with Gasteiger partial charge in [0.1, 0.15) is 6.61 Å². The number of nitrogens with zero attached hydrogens (tertiary/aromatic N) is 3. The van der Waals surface area contributed by atoms with Crippen molar-refractivity contribution in [2.24, 2.45) is 5.92 Å². The summed E-state index contributed by atoms with van der Waals surface area (Å²) in [6, 6.07) is 5.14. The van der Waals surface area contributed by atoms with Gasteiger partial charge in [-0.2, -0.15) is 0 Å². The van der Waals surface area contributed by atoms with E-state index >= 15 is 0 Å². The molecule has 0 spiro atoms. The summed E-state index contributed by atoms with van der Waals surface area (Å²) in [4.78, 5) is 32.5. The molecule has 0 bridgehead atoms. The summed E-state index contributed by atoms with van der Waals surface area (Å²) in [5.41, 5.74) is 3.11. The lowest BCUT2D eigenvalue weighted by atomic mass is 10.1. The molecule has 2 heterocycles. The molecule has 1 aliphatic rings. The summed E-state index contributed by atoms with van der Waals surface area (Å²) in [5, 5.41) is 1.92. The molecular weight excluding hydrogens is 406 g/mol. The van der Waals surface area contributed by atoms with Gasteiger partial charge in [-0.05, 0) is 24.1 Å². The number of aromatic nitrogens is 1. The molecule has 2 amide bonds. The van der Waals surface area contributed by atoms with Crippen LogP contribution in [0.2, 0.25) is 0 Å². The quantitative estimate of drug-likeness (QED) is 0.667. The lowest BCUT2D eigenvalue weighted by molar-refractivity contribution is 0.0535. The molecule has 2 aromatic rings. The Bertz CT molecular complexity index is 848. The highest BCUT2D eigenvalue weighted by Crippen LogP contribution is 2.29. The van der Waals surface area contributed by atoms with Gasteiger partial charge in [0.25, 0.3) is 5.91 Å². The molecule has 1 fully saturated rings. The number of amides is 2. The second-order valence-corrected chi connectivity index (χ2v) is 8.10. The van der Waals surface area contributed by atoms with E-state index in [9.17, 15) is 9.59 Å². The number of hydrogen-bond acceptors (Lipinski definition) is 7. The SMILES string of the molecule is COc1cc(C(=O)N2CCN(C(=O)OCC(C)C)CC2)ccc1OCc1cscn1. The molecule has 0 atom stereocenters. The predicted molar refractivity (Wildman–Crippen MR) is 113 cm³/mol. The van der Waals surface area contributed by atoms with Crippen LogP contribution >= 0.6 is 11.3 Å². The van der Waals surface area contributed by atoms with E-state index < -0.39 is 0 Å². The van der Waals surface area contributed by atoms with Gasteiger partial charge in [0.15, 0.2) is 11.5 Å². The molecule has 1 aromatic heterocycles. The van der Waals surface area contributed by atoms with Gasteiger partial charge in [-0.3, -0.25) is 4.79 Å². The Labute approximate surface area is 180 Å². The Kier molecular flexibility index (Phi) is 7.51. The van der Waals surface area contributed by atoms with Crippen LogP contribution in [-0.4, -0.2) is 66.7 Å². The van der Waals surface area contributed by atoms with Crippen LogP contribution in [0.5, 0.6) is 11.5 Å². The number of carbonyl (C=O) groups is 2. The van der Waals surface area contributed by atoms with Crippen LogP contribution in [0.15, 0.2) is 29.1 Å². The molecule has 162 valence electrons. The van der Waals surface area contributed by atoms with Crippen molar-refractivity contribution in [2.75, 3.05) is 39.9 Å². The Morgan fingerprint density at radius 3 is 2.50 bits per heavy atom. The van der Waals surface area contributed by atoms with Gasteiger partial charge in [-0.15, -0.1) is 11.3 Å². The fraction of sp³-hybridized carbons (Fsp3) is 0.476. The third-order valence-corrected chi connectivity index (χ3v) is 5.27. The summed E-state index contributed by atoms with van der Waals surface area (Å²) in [6.45, 7) is 6.54. The van der Waals surface area contributed by atoms with Crippen LogP contribution in [0.3, 0.4) is 0 Å². The Morgan fingerprint density at radius 2 is 1.87 bits per heavy atom. The summed E-state index contributed by atoms with van der Waals surface area (Å²) in [6.07, 6.45) is -0.320. The smallest absolute Gasteiger partial charge is 0.409 e. The van der Waals surface area contributed by atoms with Crippen molar-refractivity contribution in [3.05, 3.63) is 40.3 Å². The van der Waals surface area contributed by atoms with Gasteiger partial charge in [0, 0.05) is 37.1 Å². The van der Waals surface area contributed by atoms with Crippen molar-refractivity contribution in [2.45, 2.75) is 20.5 Å². The minimum Gasteiger partial charge on any atom is -0.493 e. The van der Waals surface area contributed by atoms with E-state index in [1.54, 1.807) is 40.6 Å². The summed E-state index contributed by atoms with van der Waals surface area (Å²) >= 11 is 1.51. The summed E-state index contributed by atoms with van der Waals surface area (Å²) < 4.78 is 16.4. The third kappa shape index (κ3) is 5.63. The first-order valence-electron chi connectivity index (χ1n) is 9.86. The second-order valence-electron chi connectivity index (χ2n) is 7.38. The molecule has 0 radical (unpaired) electrons. The summed E-state index contributed by atoms with van der Waals surface area (Å²) in [5.74, 6) is 1.24. The van der Waals surface area contributed by atoms with Crippen molar-refractivity contribution in [3.8, 4) is 11.5 Å². The van der Waals surface area contributed by atoms with E-state index in [1.165, 1.54) is 11.3 Å². The average molecular weight is 434 g/mol. The summed E-state index contributed by atoms with van der Waals surface area (Å²) in [7, 11) is 1.54. The molecule has 1 aliphatic heterocycles. The average Bonchev–Trinajstić information content (AvgIpc) is 3.29. The number of carbonyl (C=O) groups excluding carboxylic acids is 2. The molecule has 0 saturated carbocycles. The van der Waals surface area contributed by atoms with Gasteiger partial charge in [0.2, 0.25) is 0 Å². The van der Waals surface area contributed by atoms with Crippen LogP contribution < -0.4 is 9.47 Å². The number of piperazine rings is 1. The lowest BCUT2D eigenvalue weighted by Crippen LogP contribution is -2.50. The van der Waals surface area contributed by atoms with Crippen LogP contribution in [0.1, 0.15) is 29.9 Å². The maximum atomic E-state index is 12.9. The van der Waals surface area contributed by atoms with Crippen LogP contribution in [-0.2, 0) is 11.3 Å². The molecule has 0 aliphatic carbocycles. The largest absolute Gasteiger partial charge is 0.493 e. The topological polar surface area (TPSA) is 81.2 Å². The second kappa shape index (κ2) is 10.3. The van der Waals surface area contributed by atoms with E-state index in [0.29, 0.717) is 62.4 Å². The zero-order valence-electron chi connectivity index (χ0n) is 17.5. The molecule has 30 heavy (non-hydrogen) atoms. The van der Waals surface area contributed by atoms with E-state index in [-0.39, 0.29) is 12.0 Å². The lowest BCUT2D eigenvalue weighted by Gasteiger charge is -2.34. The molecule has 0 unspecified atom stereocenters. The molecule has 0 N–H and O–H groups in total. The molecule has 9 heteroatoms. The standard InChI is InChI=1S/C21H27N3O5S/c1-15(2)11-29-21(26)24-8-6-23(7-9-24)20(25)16-4-5-18(19(10-16)27-3)28-12-17-13-30-14-22-17/h4-5,10,13-15H,6-9,11-12H2,1-3H3. The van der Waals surface area contributed by atoms with E-state index in [0.717, 1.165) is 5.69 Å². The number of hydrogen-bond donors (Lipinski definition) is 0. The first kappa shape index (κ1) is 21.9. The number of rotatable bonds is 7.